The lowest BCUT2D eigenvalue weighted by Gasteiger charge is -2.25. The summed E-state index contributed by atoms with van der Waals surface area (Å²) in [5.41, 5.74) is 1.39. The molecule has 0 aliphatic rings. The van der Waals surface area contributed by atoms with Crippen molar-refractivity contribution in [3.8, 4) is 0 Å². The Bertz CT molecular complexity index is 331. The van der Waals surface area contributed by atoms with E-state index >= 15 is 0 Å². The highest BCUT2D eigenvalue weighted by Gasteiger charge is 2.22. The maximum atomic E-state index is 9.86. The van der Waals surface area contributed by atoms with Crippen molar-refractivity contribution in [2.24, 2.45) is 0 Å². The van der Waals surface area contributed by atoms with E-state index in [9.17, 15) is 5.11 Å². The summed E-state index contributed by atoms with van der Waals surface area (Å²) in [4.78, 5) is 0. The fraction of sp³-hybridized carbons (Fsp3) is 0.571. The predicted molar refractivity (Wildman–Crippen MR) is 66.6 cm³/mol. The van der Waals surface area contributed by atoms with Crippen LogP contribution in [0.15, 0.2) is 24.3 Å². The highest BCUT2D eigenvalue weighted by molar-refractivity contribution is 5.30. The Labute approximate surface area is 98.3 Å². The first-order valence-corrected chi connectivity index (χ1v) is 5.60. The normalized spacial score (nSPS) is 12.9. The van der Waals surface area contributed by atoms with Crippen LogP contribution in [0.5, 0.6) is 0 Å². The second-order valence-electron chi connectivity index (χ2n) is 5.45. The summed E-state index contributed by atoms with van der Waals surface area (Å²) in [6.07, 6.45) is 0. The summed E-state index contributed by atoms with van der Waals surface area (Å²) < 4.78 is 5.21. The van der Waals surface area contributed by atoms with Crippen molar-refractivity contribution in [1.29, 1.82) is 0 Å². The molecule has 0 spiro atoms. The van der Waals surface area contributed by atoms with Gasteiger partial charge in [-0.1, -0.05) is 38.1 Å². The minimum Gasteiger partial charge on any atom is -0.386 e. The van der Waals surface area contributed by atoms with Crippen molar-refractivity contribution in [2.45, 2.75) is 38.7 Å². The van der Waals surface area contributed by atoms with Crippen molar-refractivity contribution in [3.05, 3.63) is 35.4 Å². The number of hydrogen-bond donors (Lipinski definition) is 1. The first-order chi connectivity index (χ1) is 7.27. The number of ether oxygens (including phenoxy) is 1. The van der Waals surface area contributed by atoms with Crippen LogP contribution in [0, 0.1) is 0 Å². The molecule has 1 aromatic rings. The Morgan fingerprint density at radius 1 is 1.00 bits per heavy atom. The second-order valence-corrected chi connectivity index (χ2v) is 5.45. The monoisotopic (exact) mass is 222 g/mol. The summed E-state index contributed by atoms with van der Waals surface area (Å²) in [5.74, 6) is 0. The molecule has 0 aliphatic heterocycles. The third kappa shape index (κ3) is 3.06. The molecule has 0 bridgehead atoms. The molecule has 0 saturated heterocycles. The van der Waals surface area contributed by atoms with Gasteiger partial charge in [0.1, 0.15) is 0 Å². The quantitative estimate of drug-likeness (QED) is 0.849. The van der Waals surface area contributed by atoms with Crippen LogP contribution in [0.25, 0.3) is 0 Å². The molecular formula is C14H22O2. The fourth-order valence-corrected chi connectivity index (χ4v) is 1.77. The van der Waals surface area contributed by atoms with Crippen LogP contribution in [0.1, 0.15) is 38.8 Å². The number of aliphatic hydroxyl groups is 1. The minimum atomic E-state index is -0.774. The van der Waals surface area contributed by atoms with E-state index in [4.69, 9.17) is 4.74 Å². The van der Waals surface area contributed by atoms with Gasteiger partial charge < -0.3 is 9.84 Å². The van der Waals surface area contributed by atoms with Crippen LogP contribution in [0.4, 0.5) is 0 Å². The smallest absolute Gasteiger partial charge is 0.0840 e. The molecule has 0 unspecified atom stereocenters. The largest absolute Gasteiger partial charge is 0.386 e. The molecule has 0 atom stereocenters. The Morgan fingerprint density at radius 3 is 1.81 bits per heavy atom. The molecule has 0 fully saturated rings. The van der Waals surface area contributed by atoms with Crippen molar-refractivity contribution in [1.82, 2.24) is 0 Å². The molecule has 1 rings (SSSR count). The molecule has 90 valence electrons. The Balaban J connectivity index is 2.95. The van der Waals surface area contributed by atoms with Gasteiger partial charge in [0.15, 0.2) is 0 Å². The summed E-state index contributed by atoms with van der Waals surface area (Å²) >= 11 is 0. The van der Waals surface area contributed by atoms with Crippen molar-refractivity contribution in [3.63, 3.8) is 0 Å². The Kier molecular flexibility index (Phi) is 3.76. The first-order valence-electron chi connectivity index (χ1n) is 5.60. The zero-order valence-corrected chi connectivity index (χ0v) is 10.9. The lowest BCUT2D eigenvalue weighted by Crippen LogP contribution is -2.24. The zero-order chi connectivity index (χ0) is 12.4. The van der Waals surface area contributed by atoms with E-state index in [1.807, 2.05) is 12.1 Å². The van der Waals surface area contributed by atoms with E-state index in [-0.39, 0.29) is 5.41 Å². The summed E-state index contributed by atoms with van der Waals surface area (Å²) in [5, 5.41) is 9.86. The van der Waals surface area contributed by atoms with Gasteiger partial charge in [0.25, 0.3) is 0 Å². The highest BCUT2D eigenvalue weighted by atomic mass is 16.5. The van der Waals surface area contributed by atoms with Gasteiger partial charge in [-0.25, -0.2) is 0 Å². The van der Waals surface area contributed by atoms with E-state index < -0.39 is 5.60 Å². The molecule has 0 aliphatic carbocycles. The third-order valence-electron chi connectivity index (χ3n) is 2.88. The standard InChI is InChI=1S/C14H22O2/c1-13(2,10-16-5)11-6-8-12(9-7-11)14(3,4)15/h6-9,15H,10H2,1-5H3. The Morgan fingerprint density at radius 2 is 1.44 bits per heavy atom. The van der Waals surface area contributed by atoms with Gasteiger partial charge in [0, 0.05) is 12.5 Å². The van der Waals surface area contributed by atoms with E-state index in [0.29, 0.717) is 6.61 Å². The number of benzene rings is 1. The predicted octanol–water partition coefficient (Wildman–Crippen LogP) is 2.84. The van der Waals surface area contributed by atoms with Gasteiger partial charge in [0.2, 0.25) is 0 Å². The van der Waals surface area contributed by atoms with Gasteiger partial charge in [-0.3, -0.25) is 0 Å². The van der Waals surface area contributed by atoms with Gasteiger partial charge in [-0.2, -0.15) is 0 Å². The summed E-state index contributed by atoms with van der Waals surface area (Å²) in [7, 11) is 1.72. The molecule has 16 heavy (non-hydrogen) atoms. The molecule has 2 heteroatoms. The molecule has 0 amide bonds. The molecule has 0 aromatic heterocycles. The van der Waals surface area contributed by atoms with E-state index in [1.165, 1.54) is 5.56 Å². The molecule has 0 radical (unpaired) electrons. The molecule has 1 aromatic carbocycles. The summed E-state index contributed by atoms with van der Waals surface area (Å²) in [6, 6.07) is 8.08. The maximum absolute atomic E-state index is 9.86. The number of methoxy groups -OCH3 is 1. The number of rotatable bonds is 4. The average molecular weight is 222 g/mol. The highest BCUT2D eigenvalue weighted by Crippen LogP contribution is 2.26. The second kappa shape index (κ2) is 4.56. The van der Waals surface area contributed by atoms with Crippen molar-refractivity contribution in [2.75, 3.05) is 13.7 Å². The molecule has 0 heterocycles. The van der Waals surface area contributed by atoms with Gasteiger partial charge in [0.05, 0.1) is 12.2 Å². The molecule has 2 nitrogen and oxygen atoms in total. The van der Waals surface area contributed by atoms with Crippen LogP contribution in [0.3, 0.4) is 0 Å². The number of hydrogen-bond acceptors (Lipinski definition) is 2. The van der Waals surface area contributed by atoms with Crippen molar-refractivity contribution < 1.29 is 9.84 Å². The molecular weight excluding hydrogens is 200 g/mol. The van der Waals surface area contributed by atoms with Gasteiger partial charge >= 0.3 is 0 Å². The topological polar surface area (TPSA) is 29.5 Å². The first kappa shape index (κ1) is 13.2. The average Bonchev–Trinajstić information content (AvgIpc) is 2.16. The third-order valence-corrected chi connectivity index (χ3v) is 2.88. The lowest BCUT2D eigenvalue weighted by molar-refractivity contribution is 0.0785. The summed E-state index contributed by atoms with van der Waals surface area (Å²) in [6.45, 7) is 8.57. The van der Waals surface area contributed by atoms with Crippen molar-refractivity contribution >= 4 is 0 Å². The van der Waals surface area contributed by atoms with Crippen LogP contribution in [0.2, 0.25) is 0 Å². The van der Waals surface area contributed by atoms with E-state index in [1.54, 1.807) is 21.0 Å². The van der Waals surface area contributed by atoms with Crippen LogP contribution in [-0.4, -0.2) is 18.8 Å². The van der Waals surface area contributed by atoms with Gasteiger partial charge in [-0.05, 0) is 25.0 Å². The van der Waals surface area contributed by atoms with Crippen LogP contribution >= 0.6 is 0 Å². The van der Waals surface area contributed by atoms with E-state index in [2.05, 4.69) is 26.0 Å². The lowest BCUT2D eigenvalue weighted by atomic mass is 9.84. The Hall–Kier alpha value is -0.860. The zero-order valence-electron chi connectivity index (χ0n) is 10.9. The fourth-order valence-electron chi connectivity index (χ4n) is 1.77. The van der Waals surface area contributed by atoms with E-state index in [0.717, 1.165) is 5.56 Å². The SMILES string of the molecule is COCC(C)(C)c1ccc(C(C)(C)O)cc1. The molecule has 0 saturated carbocycles. The maximum Gasteiger partial charge on any atom is 0.0840 e. The van der Waals surface area contributed by atoms with Crippen LogP contribution < -0.4 is 0 Å². The van der Waals surface area contributed by atoms with Crippen LogP contribution in [-0.2, 0) is 15.8 Å². The van der Waals surface area contributed by atoms with Gasteiger partial charge in [-0.15, -0.1) is 0 Å². The molecule has 1 N–H and O–H groups in total. The minimum absolute atomic E-state index is 0.00682.